The van der Waals surface area contributed by atoms with Gasteiger partial charge in [-0.05, 0) is 43.7 Å². The van der Waals surface area contributed by atoms with Crippen LogP contribution < -0.4 is 5.32 Å². The number of rotatable bonds is 5. The first-order valence-electron chi connectivity index (χ1n) is 7.46. The van der Waals surface area contributed by atoms with E-state index in [1.54, 1.807) is 30.3 Å². The van der Waals surface area contributed by atoms with E-state index in [9.17, 15) is 9.59 Å². The zero-order valence-corrected chi connectivity index (χ0v) is 14.2. The molecule has 0 aliphatic rings. The van der Waals surface area contributed by atoms with Gasteiger partial charge < -0.3 is 10.1 Å². The Labute approximate surface area is 146 Å². The smallest absolute Gasteiger partial charge is 0.331 e. The van der Waals surface area contributed by atoms with Gasteiger partial charge in [0.2, 0.25) is 0 Å². The van der Waals surface area contributed by atoms with Crippen molar-refractivity contribution in [1.29, 1.82) is 0 Å². The monoisotopic (exact) mass is 343 g/mol. The van der Waals surface area contributed by atoms with Gasteiger partial charge in [-0.15, -0.1) is 0 Å². The van der Waals surface area contributed by atoms with Crippen LogP contribution in [0.15, 0.2) is 54.6 Å². The molecule has 0 saturated heterocycles. The summed E-state index contributed by atoms with van der Waals surface area (Å²) in [6, 6.07) is 14.4. The second-order valence-corrected chi connectivity index (χ2v) is 5.76. The van der Waals surface area contributed by atoms with Gasteiger partial charge in [0.1, 0.15) is 0 Å². The van der Waals surface area contributed by atoms with Crippen LogP contribution in [0.1, 0.15) is 18.1 Å². The standard InChI is InChI=1S/C19H18ClNO3/c1-13-6-8-15(9-7-13)10-11-18(22)24-14(2)19(23)21-17-5-3-4-16(20)12-17/h3-12,14H,1-2H3,(H,21,23)/b11-10+/t14-/m1/s1. The maximum absolute atomic E-state index is 12.0. The van der Waals surface area contributed by atoms with Crippen molar-refractivity contribution in [3.8, 4) is 0 Å². The largest absolute Gasteiger partial charge is 0.449 e. The van der Waals surface area contributed by atoms with Crippen LogP contribution in [0.4, 0.5) is 5.69 Å². The highest BCUT2D eigenvalue weighted by Gasteiger charge is 2.16. The first-order chi connectivity index (χ1) is 11.4. The Morgan fingerprint density at radius 3 is 2.54 bits per heavy atom. The lowest BCUT2D eigenvalue weighted by Gasteiger charge is -2.12. The average molecular weight is 344 g/mol. The molecule has 124 valence electrons. The molecule has 1 N–H and O–H groups in total. The number of hydrogen-bond donors (Lipinski definition) is 1. The molecule has 0 radical (unpaired) electrons. The summed E-state index contributed by atoms with van der Waals surface area (Å²) in [5.41, 5.74) is 2.57. The first-order valence-corrected chi connectivity index (χ1v) is 7.83. The molecule has 24 heavy (non-hydrogen) atoms. The van der Waals surface area contributed by atoms with Gasteiger partial charge >= 0.3 is 5.97 Å². The van der Waals surface area contributed by atoms with E-state index in [2.05, 4.69) is 5.32 Å². The molecular formula is C19H18ClNO3. The first kappa shape index (κ1) is 17.8. The summed E-state index contributed by atoms with van der Waals surface area (Å²) >= 11 is 5.86. The molecular weight excluding hydrogens is 326 g/mol. The summed E-state index contributed by atoms with van der Waals surface area (Å²) in [4.78, 5) is 23.8. The maximum Gasteiger partial charge on any atom is 0.331 e. The lowest BCUT2D eigenvalue weighted by atomic mass is 10.1. The molecule has 0 fully saturated rings. The minimum atomic E-state index is -0.917. The van der Waals surface area contributed by atoms with Crippen LogP contribution in [0.3, 0.4) is 0 Å². The number of carbonyl (C=O) groups is 2. The minimum Gasteiger partial charge on any atom is -0.449 e. The molecule has 0 aromatic heterocycles. The molecule has 0 aliphatic heterocycles. The van der Waals surface area contributed by atoms with Crippen LogP contribution in [-0.2, 0) is 14.3 Å². The van der Waals surface area contributed by atoms with Crippen molar-refractivity contribution >= 4 is 35.2 Å². The predicted molar refractivity (Wildman–Crippen MR) is 95.8 cm³/mol. The van der Waals surface area contributed by atoms with E-state index in [-0.39, 0.29) is 0 Å². The highest BCUT2D eigenvalue weighted by atomic mass is 35.5. The quantitative estimate of drug-likeness (QED) is 0.652. The summed E-state index contributed by atoms with van der Waals surface area (Å²) in [6.45, 7) is 3.50. The van der Waals surface area contributed by atoms with Crippen molar-refractivity contribution in [2.75, 3.05) is 5.32 Å². The van der Waals surface area contributed by atoms with Crippen LogP contribution in [0, 0.1) is 6.92 Å². The van der Waals surface area contributed by atoms with Crippen molar-refractivity contribution in [3.05, 3.63) is 70.8 Å². The molecule has 4 nitrogen and oxygen atoms in total. The Balaban J connectivity index is 1.88. The number of esters is 1. The van der Waals surface area contributed by atoms with Gasteiger partial charge in [0.25, 0.3) is 5.91 Å². The van der Waals surface area contributed by atoms with Gasteiger partial charge in [-0.2, -0.15) is 0 Å². The van der Waals surface area contributed by atoms with Crippen LogP contribution in [0.5, 0.6) is 0 Å². The lowest BCUT2D eigenvalue weighted by Crippen LogP contribution is -2.29. The molecule has 0 unspecified atom stereocenters. The third-order valence-corrected chi connectivity index (χ3v) is 3.48. The third kappa shape index (κ3) is 5.56. The molecule has 0 bridgehead atoms. The molecule has 0 spiro atoms. The number of nitrogens with one attached hydrogen (secondary N) is 1. The fourth-order valence-corrected chi connectivity index (χ4v) is 2.11. The number of amides is 1. The SMILES string of the molecule is Cc1ccc(/C=C/C(=O)O[C@H](C)C(=O)Nc2cccc(Cl)c2)cc1. The predicted octanol–water partition coefficient (Wildman–Crippen LogP) is 4.23. The fourth-order valence-electron chi connectivity index (χ4n) is 1.92. The highest BCUT2D eigenvalue weighted by Crippen LogP contribution is 2.15. The fraction of sp³-hybridized carbons (Fsp3) is 0.158. The van der Waals surface area contributed by atoms with Crippen molar-refractivity contribution in [3.63, 3.8) is 0 Å². The van der Waals surface area contributed by atoms with E-state index in [0.717, 1.165) is 11.1 Å². The number of halogens is 1. The zero-order valence-electron chi connectivity index (χ0n) is 13.5. The van der Waals surface area contributed by atoms with Crippen LogP contribution in [0.2, 0.25) is 5.02 Å². The number of carbonyl (C=O) groups excluding carboxylic acids is 2. The van der Waals surface area contributed by atoms with Crippen LogP contribution >= 0.6 is 11.6 Å². The summed E-state index contributed by atoms with van der Waals surface area (Å²) in [5.74, 6) is -1.00. The van der Waals surface area contributed by atoms with E-state index in [1.165, 1.54) is 13.0 Å². The number of aryl methyl sites for hydroxylation is 1. The molecule has 5 heteroatoms. The van der Waals surface area contributed by atoms with Gasteiger partial charge in [-0.3, -0.25) is 4.79 Å². The van der Waals surface area contributed by atoms with Crippen molar-refractivity contribution in [2.24, 2.45) is 0 Å². The molecule has 1 atom stereocenters. The molecule has 2 rings (SSSR count). The van der Waals surface area contributed by atoms with Gasteiger partial charge in [0.15, 0.2) is 6.10 Å². The normalized spacial score (nSPS) is 12.0. The Bertz CT molecular complexity index is 753. The third-order valence-electron chi connectivity index (χ3n) is 3.24. The van der Waals surface area contributed by atoms with Crippen molar-refractivity contribution in [1.82, 2.24) is 0 Å². The Morgan fingerprint density at radius 2 is 1.88 bits per heavy atom. The average Bonchev–Trinajstić information content (AvgIpc) is 2.54. The second kappa shape index (κ2) is 8.31. The van der Waals surface area contributed by atoms with Gasteiger partial charge in [0.05, 0.1) is 0 Å². The number of ether oxygens (including phenoxy) is 1. The summed E-state index contributed by atoms with van der Waals surface area (Å²) in [5, 5.41) is 3.16. The van der Waals surface area contributed by atoms with E-state index in [1.807, 2.05) is 31.2 Å². The van der Waals surface area contributed by atoms with Crippen molar-refractivity contribution < 1.29 is 14.3 Å². The second-order valence-electron chi connectivity index (χ2n) is 5.32. The number of benzene rings is 2. The Kier molecular flexibility index (Phi) is 6.15. The van der Waals surface area contributed by atoms with E-state index in [0.29, 0.717) is 10.7 Å². The molecule has 0 aliphatic carbocycles. The van der Waals surface area contributed by atoms with E-state index in [4.69, 9.17) is 16.3 Å². The molecule has 2 aromatic rings. The highest BCUT2D eigenvalue weighted by molar-refractivity contribution is 6.30. The van der Waals surface area contributed by atoms with Gasteiger partial charge in [-0.1, -0.05) is 47.5 Å². The van der Waals surface area contributed by atoms with Crippen molar-refractivity contribution in [2.45, 2.75) is 20.0 Å². The maximum atomic E-state index is 12.0. The van der Waals surface area contributed by atoms with Gasteiger partial charge in [-0.25, -0.2) is 4.79 Å². The summed E-state index contributed by atoms with van der Waals surface area (Å²) in [7, 11) is 0. The topological polar surface area (TPSA) is 55.4 Å². The minimum absolute atomic E-state index is 0.422. The zero-order chi connectivity index (χ0) is 17.5. The molecule has 0 heterocycles. The molecule has 0 saturated carbocycles. The summed E-state index contributed by atoms with van der Waals surface area (Å²) < 4.78 is 5.09. The Morgan fingerprint density at radius 1 is 1.17 bits per heavy atom. The lowest BCUT2D eigenvalue weighted by molar-refractivity contribution is -0.148. The van der Waals surface area contributed by atoms with Crippen LogP contribution in [-0.4, -0.2) is 18.0 Å². The number of anilines is 1. The van der Waals surface area contributed by atoms with E-state index >= 15 is 0 Å². The summed E-state index contributed by atoms with van der Waals surface area (Å²) in [6.07, 6.45) is 2.02. The number of hydrogen-bond acceptors (Lipinski definition) is 3. The van der Waals surface area contributed by atoms with Crippen LogP contribution in [0.25, 0.3) is 6.08 Å². The molecule has 1 amide bonds. The van der Waals surface area contributed by atoms with E-state index < -0.39 is 18.0 Å². The van der Waals surface area contributed by atoms with Gasteiger partial charge in [0, 0.05) is 16.8 Å². The Hall–Kier alpha value is -2.59. The molecule has 2 aromatic carbocycles.